The van der Waals surface area contributed by atoms with Gasteiger partial charge in [-0.3, -0.25) is 0 Å². The molecule has 2 rings (SSSR count). The van der Waals surface area contributed by atoms with Gasteiger partial charge in [-0.05, 0) is 36.4 Å². The summed E-state index contributed by atoms with van der Waals surface area (Å²) in [5.74, 6) is 1.90. The number of ether oxygens (including phenoxy) is 1. The Morgan fingerprint density at radius 3 is 2.81 bits per heavy atom. The maximum Gasteiger partial charge on any atom is 0.121 e. The van der Waals surface area contributed by atoms with Crippen LogP contribution in [-0.4, -0.2) is 17.8 Å². The van der Waals surface area contributed by atoms with E-state index in [1.165, 1.54) is 10.9 Å². The number of methoxy groups -OCH3 is 1. The first-order valence-corrected chi connectivity index (χ1v) is 6.31. The van der Waals surface area contributed by atoms with Crippen molar-refractivity contribution in [1.82, 2.24) is 4.98 Å². The Bertz CT molecular complexity index is 511. The minimum atomic E-state index is 0.859. The van der Waals surface area contributed by atoms with Crippen LogP contribution in [0, 0.1) is 6.92 Å². The largest absolute Gasteiger partial charge is 0.497 e. The molecule has 2 nitrogen and oxygen atoms in total. The number of fused-ring (bicyclic) bond motifs is 1. The van der Waals surface area contributed by atoms with Crippen LogP contribution in [0.1, 0.15) is 12.5 Å². The zero-order valence-corrected chi connectivity index (χ0v) is 10.6. The summed E-state index contributed by atoms with van der Waals surface area (Å²) < 4.78 is 5.22. The highest BCUT2D eigenvalue weighted by molar-refractivity contribution is 7.99. The molecule has 0 spiro atoms. The Kier molecular flexibility index (Phi) is 3.34. The summed E-state index contributed by atoms with van der Waals surface area (Å²) in [6.45, 7) is 4.26. The Balaban J connectivity index is 2.58. The first-order chi connectivity index (χ1) is 7.74. The van der Waals surface area contributed by atoms with Crippen molar-refractivity contribution in [3.05, 3.63) is 29.8 Å². The Labute approximate surface area is 100 Å². The predicted molar refractivity (Wildman–Crippen MR) is 69.4 cm³/mol. The number of thioether (sulfide) groups is 1. The molecule has 2 aromatic rings. The summed E-state index contributed by atoms with van der Waals surface area (Å²) in [6, 6.07) is 8.17. The van der Waals surface area contributed by atoms with Gasteiger partial charge in [0, 0.05) is 11.5 Å². The Hall–Kier alpha value is -1.22. The molecule has 0 bridgehead atoms. The van der Waals surface area contributed by atoms with Crippen LogP contribution in [0.15, 0.2) is 29.3 Å². The SMILES string of the molecule is CCSc1cc(C)c2ccc(OC)cc2n1. The van der Waals surface area contributed by atoms with E-state index in [9.17, 15) is 0 Å². The molecule has 0 saturated heterocycles. The van der Waals surface area contributed by atoms with Gasteiger partial charge in [-0.2, -0.15) is 0 Å². The number of benzene rings is 1. The van der Waals surface area contributed by atoms with Crippen molar-refractivity contribution in [1.29, 1.82) is 0 Å². The monoisotopic (exact) mass is 233 g/mol. The molecule has 84 valence electrons. The molecule has 16 heavy (non-hydrogen) atoms. The molecule has 0 N–H and O–H groups in total. The number of pyridine rings is 1. The first kappa shape index (κ1) is 11.3. The molecule has 0 radical (unpaired) electrons. The van der Waals surface area contributed by atoms with Crippen LogP contribution < -0.4 is 4.74 Å². The van der Waals surface area contributed by atoms with E-state index in [2.05, 4.69) is 31.0 Å². The van der Waals surface area contributed by atoms with Crippen LogP contribution in [0.4, 0.5) is 0 Å². The minimum Gasteiger partial charge on any atom is -0.497 e. The van der Waals surface area contributed by atoms with Crippen molar-refractivity contribution in [3.8, 4) is 5.75 Å². The van der Waals surface area contributed by atoms with Crippen molar-refractivity contribution in [2.45, 2.75) is 18.9 Å². The number of aromatic nitrogens is 1. The summed E-state index contributed by atoms with van der Waals surface area (Å²) in [7, 11) is 1.68. The molecule has 1 aromatic heterocycles. The van der Waals surface area contributed by atoms with Gasteiger partial charge in [-0.1, -0.05) is 6.92 Å². The van der Waals surface area contributed by atoms with Crippen LogP contribution in [0.5, 0.6) is 5.75 Å². The van der Waals surface area contributed by atoms with Crippen LogP contribution in [0.25, 0.3) is 10.9 Å². The number of hydrogen-bond acceptors (Lipinski definition) is 3. The highest BCUT2D eigenvalue weighted by Crippen LogP contribution is 2.26. The van der Waals surface area contributed by atoms with E-state index in [4.69, 9.17) is 4.74 Å². The first-order valence-electron chi connectivity index (χ1n) is 5.32. The van der Waals surface area contributed by atoms with Gasteiger partial charge in [0.05, 0.1) is 17.7 Å². The number of nitrogens with zero attached hydrogens (tertiary/aromatic N) is 1. The van der Waals surface area contributed by atoms with Crippen molar-refractivity contribution < 1.29 is 4.74 Å². The summed E-state index contributed by atoms with van der Waals surface area (Å²) >= 11 is 1.77. The van der Waals surface area contributed by atoms with Crippen LogP contribution in [-0.2, 0) is 0 Å². The van der Waals surface area contributed by atoms with E-state index in [0.717, 1.165) is 22.0 Å². The van der Waals surface area contributed by atoms with Gasteiger partial charge in [-0.15, -0.1) is 11.8 Å². The third-order valence-electron chi connectivity index (χ3n) is 2.49. The van der Waals surface area contributed by atoms with Crippen LogP contribution in [0.2, 0.25) is 0 Å². The summed E-state index contributed by atoms with van der Waals surface area (Å²) in [4.78, 5) is 4.62. The smallest absolute Gasteiger partial charge is 0.121 e. The quantitative estimate of drug-likeness (QED) is 0.755. The molecule has 0 atom stereocenters. The second-order valence-electron chi connectivity index (χ2n) is 3.59. The minimum absolute atomic E-state index is 0.859. The number of hydrogen-bond donors (Lipinski definition) is 0. The molecule has 0 amide bonds. The molecule has 0 unspecified atom stereocenters. The number of rotatable bonds is 3. The Morgan fingerprint density at radius 2 is 2.12 bits per heavy atom. The van der Waals surface area contributed by atoms with Gasteiger partial charge >= 0.3 is 0 Å². The molecular formula is C13H15NOS. The van der Waals surface area contributed by atoms with Crippen molar-refractivity contribution in [2.24, 2.45) is 0 Å². The third-order valence-corrected chi connectivity index (χ3v) is 3.29. The van der Waals surface area contributed by atoms with Gasteiger partial charge in [0.15, 0.2) is 0 Å². The number of aryl methyl sites for hydroxylation is 1. The van der Waals surface area contributed by atoms with Gasteiger partial charge in [0.2, 0.25) is 0 Å². The molecular weight excluding hydrogens is 218 g/mol. The molecule has 0 aliphatic heterocycles. The topological polar surface area (TPSA) is 22.1 Å². The van der Waals surface area contributed by atoms with Crippen molar-refractivity contribution in [2.75, 3.05) is 12.9 Å². The Morgan fingerprint density at radius 1 is 1.31 bits per heavy atom. The lowest BCUT2D eigenvalue weighted by Gasteiger charge is -2.07. The summed E-state index contributed by atoms with van der Waals surface area (Å²) in [5.41, 5.74) is 2.28. The van der Waals surface area contributed by atoms with Gasteiger partial charge < -0.3 is 4.74 Å². The fourth-order valence-electron chi connectivity index (χ4n) is 1.70. The van der Waals surface area contributed by atoms with E-state index in [1.807, 2.05) is 12.1 Å². The fraction of sp³-hybridized carbons (Fsp3) is 0.308. The van der Waals surface area contributed by atoms with Gasteiger partial charge in [0.25, 0.3) is 0 Å². The van der Waals surface area contributed by atoms with Crippen LogP contribution in [0.3, 0.4) is 0 Å². The molecule has 0 saturated carbocycles. The lowest BCUT2D eigenvalue weighted by Crippen LogP contribution is -1.89. The van der Waals surface area contributed by atoms with Crippen molar-refractivity contribution in [3.63, 3.8) is 0 Å². The fourth-order valence-corrected chi connectivity index (χ4v) is 2.42. The van der Waals surface area contributed by atoms with E-state index in [0.29, 0.717) is 0 Å². The summed E-state index contributed by atoms with van der Waals surface area (Å²) in [6.07, 6.45) is 0. The van der Waals surface area contributed by atoms with Crippen LogP contribution >= 0.6 is 11.8 Å². The highest BCUT2D eigenvalue weighted by atomic mass is 32.2. The van der Waals surface area contributed by atoms with E-state index < -0.39 is 0 Å². The second kappa shape index (κ2) is 4.74. The average Bonchev–Trinajstić information content (AvgIpc) is 2.28. The zero-order chi connectivity index (χ0) is 11.5. The predicted octanol–water partition coefficient (Wildman–Crippen LogP) is 3.66. The third kappa shape index (κ3) is 2.14. The van der Waals surface area contributed by atoms with E-state index in [-0.39, 0.29) is 0 Å². The molecule has 0 aliphatic carbocycles. The molecule has 1 heterocycles. The van der Waals surface area contributed by atoms with Gasteiger partial charge in [0.1, 0.15) is 5.75 Å². The highest BCUT2D eigenvalue weighted by Gasteiger charge is 2.04. The van der Waals surface area contributed by atoms with Gasteiger partial charge in [-0.25, -0.2) is 4.98 Å². The molecule has 1 aromatic carbocycles. The normalized spacial score (nSPS) is 10.7. The standard InChI is InChI=1S/C13H15NOS/c1-4-16-13-7-9(2)11-6-5-10(15-3)8-12(11)14-13/h5-8H,4H2,1-3H3. The van der Waals surface area contributed by atoms with E-state index >= 15 is 0 Å². The van der Waals surface area contributed by atoms with Crippen molar-refractivity contribution >= 4 is 22.7 Å². The molecule has 3 heteroatoms. The lowest BCUT2D eigenvalue weighted by molar-refractivity contribution is 0.415. The average molecular weight is 233 g/mol. The maximum absolute atomic E-state index is 5.22. The molecule has 0 fully saturated rings. The lowest BCUT2D eigenvalue weighted by atomic mass is 10.1. The second-order valence-corrected chi connectivity index (χ2v) is 4.88. The summed E-state index contributed by atoms with van der Waals surface area (Å²) in [5, 5.41) is 2.28. The van der Waals surface area contributed by atoms with E-state index in [1.54, 1.807) is 18.9 Å². The maximum atomic E-state index is 5.22. The molecule has 0 aliphatic rings. The zero-order valence-electron chi connectivity index (χ0n) is 9.78.